The van der Waals surface area contributed by atoms with E-state index >= 15 is 0 Å². The van der Waals surface area contributed by atoms with Crippen molar-refractivity contribution in [3.63, 3.8) is 0 Å². The molecule has 106 valence electrons. The molecule has 1 aliphatic heterocycles. The Labute approximate surface area is 118 Å². The second-order valence-electron chi connectivity index (χ2n) is 3.92. The van der Waals surface area contributed by atoms with Gasteiger partial charge in [-0.1, -0.05) is 15.9 Å². The molecular formula is C11H6BrF3N2O3. The van der Waals surface area contributed by atoms with Gasteiger partial charge < -0.3 is 0 Å². The second-order valence-corrected chi connectivity index (χ2v) is 4.83. The number of urea groups is 1. The number of hydrogen-bond acceptors (Lipinski definition) is 3. The molecule has 20 heavy (non-hydrogen) atoms. The summed E-state index contributed by atoms with van der Waals surface area (Å²) in [5.41, 5.74) is -1.76. The topological polar surface area (TPSA) is 66.5 Å². The molecule has 0 unspecified atom stereocenters. The maximum absolute atomic E-state index is 13.0. The SMILES string of the molecule is O=C1CC(=O)N(c2ccc(Br)cc2C(F)(F)F)C(=O)N1. The Kier molecular flexibility index (Phi) is 3.55. The third-order valence-electron chi connectivity index (χ3n) is 2.52. The van der Waals surface area contributed by atoms with Crippen LogP contribution in [0.25, 0.3) is 0 Å². The number of imide groups is 2. The quantitative estimate of drug-likeness (QED) is 0.791. The van der Waals surface area contributed by atoms with Crippen LogP contribution in [-0.4, -0.2) is 17.8 Å². The number of amides is 4. The number of barbiturate groups is 1. The molecule has 5 nitrogen and oxygen atoms in total. The predicted molar refractivity (Wildman–Crippen MR) is 64.8 cm³/mol. The van der Waals surface area contributed by atoms with Crippen LogP contribution in [0.3, 0.4) is 0 Å². The highest BCUT2D eigenvalue weighted by Gasteiger charge is 2.40. The lowest BCUT2D eigenvalue weighted by Gasteiger charge is -2.27. The molecule has 0 saturated carbocycles. The Morgan fingerprint density at radius 3 is 2.40 bits per heavy atom. The number of rotatable bonds is 1. The standard InChI is InChI=1S/C11H6BrF3N2O3/c12-5-1-2-7(6(3-5)11(13,14)15)17-9(19)4-8(18)16-10(17)20/h1-3H,4H2,(H,16,18,20). The van der Waals surface area contributed by atoms with Gasteiger partial charge in [0.05, 0.1) is 11.3 Å². The predicted octanol–water partition coefficient (Wildman–Crippen LogP) is 2.44. The zero-order valence-electron chi connectivity index (χ0n) is 9.62. The lowest BCUT2D eigenvalue weighted by molar-refractivity contribution is -0.137. The van der Waals surface area contributed by atoms with Crippen molar-refractivity contribution in [3.05, 3.63) is 28.2 Å². The normalized spacial score (nSPS) is 16.4. The van der Waals surface area contributed by atoms with Gasteiger partial charge in [-0.2, -0.15) is 13.2 Å². The summed E-state index contributed by atoms with van der Waals surface area (Å²) in [6.45, 7) is 0. The van der Waals surface area contributed by atoms with Gasteiger partial charge in [0.15, 0.2) is 0 Å². The minimum absolute atomic E-state index is 0.148. The fourth-order valence-corrected chi connectivity index (χ4v) is 2.08. The van der Waals surface area contributed by atoms with E-state index in [1.807, 2.05) is 0 Å². The summed E-state index contributed by atoms with van der Waals surface area (Å²) in [5, 5.41) is 1.80. The molecule has 0 radical (unpaired) electrons. The Balaban J connectivity index is 2.55. The number of halogens is 4. The highest BCUT2D eigenvalue weighted by Crippen LogP contribution is 2.38. The summed E-state index contributed by atoms with van der Waals surface area (Å²) in [6.07, 6.45) is -5.43. The highest BCUT2D eigenvalue weighted by atomic mass is 79.9. The van der Waals surface area contributed by atoms with Crippen LogP contribution in [0.15, 0.2) is 22.7 Å². The van der Waals surface area contributed by atoms with E-state index in [0.29, 0.717) is 4.90 Å². The van der Waals surface area contributed by atoms with Crippen LogP contribution < -0.4 is 10.2 Å². The van der Waals surface area contributed by atoms with Crippen LogP contribution in [0.1, 0.15) is 12.0 Å². The monoisotopic (exact) mass is 350 g/mol. The zero-order chi connectivity index (χ0) is 15.1. The molecule has 0 bridgehead atoms. The van der Waals surface area contributed by atoms with Crippen molar-refractivity contribution in [2.45, 2.75) is 12.6 Å². The summed E-state index contributed by atoms with van der Waals surface area (Å²) < 4.78 is 39.0. The molecule has 0 spiro atoms. The number of carbonyl (C=O) groups excluding carboxylic acids is 3. The maximum Gasteiger partial charge on any atom is 0.418 e. The van der Waals surface area contributed by atoms with Gasteiger partial charge in [0, 0.05) is 4.47 Å². The van der Waals surface area contributed by atoms with Gasteiger partial charge in [-0.15, -0.1) is 0 Å². The second kappa shape index (κ2) is 4.89. The van der Waals surface area contributed by atoms with Gasteiger partial charge in [-0.25, -0.2) is 9.69 Å². The third-order valence-corrected chi connectivity index (χ3v) is 3.01. The summed E-state index contributed by atoms with van der Waals surface area (Å²) in [5.74, 6) is -1.85. The first-order chi connectivity index (χ1) is 9.20. The average molecular weight is 351 g/mol. The summed E-state index contributed by atoms with van der Waals surface area (Å²) in [6, 6.07) is 1.81. The Morgan fingerprint density at radius 1 is 1.20 bits per heavy atom. The van der Waals surface area contributed by atoms with Crippen molar-refractivity contribution in [1.82, 2.24) is 5.32 Å². The van der Waals surface area contributed by atoms with Crippen LogP contribution in [-0.2, 0) is 15.8 Å². The van der Waals surface area contributed by atoms with Gasteiger partial charge in [-0.05, 0) is 18.2 Å². The number of benzene rings is 1. The fourth-order valence-electron chi connectivity index (χ4n) is 1.72. The Bertz CT molecular complexity index is 595. The molecule has 0 aliphatic carbocycles. The van der Waals surface area contributed by atoms with E-state index in [2.05, 4.69) is 15.9 Å². The van der Waals surface area contributed by atoms with Gasteiger partial charge in [0.1, 0.15) is 6.42 Å². The first kappa shape index (κ1) is 14.5. The number of hydrogen-bond donors (Lipinski definition) is 1. The largest absolute Gasteiger partial charge is 0.418 e. The van der Waals surface area contributed by atoms with E-state index in [4.69, 9.17) is 0 Å². The van der Waals surface area contributed by atoms with E-state index in [0.717, 1.165) is 12.1 Å². The molecule has 0 atom stereocenters. The number of nitrogens with one attached hydrogen (secondary N) is 1. The minimum Gasteiger partial charge on any atom is -0.277 e. The minimum atomic E-state index is -4.75. The summed E-state index contributed by atoms with van der Waals surface area (Å²) >= 11 is 2.89. The van der Waals surface area contributed by atoms with E-state index in [-0.39, 0.29) is 4.47 Å². The molecular weight excluding hydrogens is 345 g/mol. The third kappa shape index (κ3) is 2.67. The number of carbonyl (C=O) groups is 3. The van der Waals surface area contributed by atoms with Gasteiger partial charge in [0.2, 0.25) is 11.8 Å². The fraction of sp³-hybridized carbons (Fsp3) is 0.182. The lowest BCUT2D eigenvalue weighted by atomic mass is 10.1. The van der Waals surface area contributed by atoms with Crippen molar-refractivity contribution in [3.8, 4) is 0 Å². The summed E-state index contributed by atoms with van der Waals surface area (Å²) in [4.78, 5) is 34.5. The van der Waals surface area contributed by atoms with Gasteiger partial charge >= 0.3 is 12.2 Å². The molecule has 4 amide bonds. The van der Waals surface area contributed by atoms with Crippen molar-refractivity contribution in [2.75, 3.05) is 4.90 Å². The molecule has 1 fully saturated rings. The number of anilines is 1. The van der Waals surface area contributed by atoms with Gasteiger partial charge in [0.25, 0.3) is 0 Å². The van der Waals surface area contributed by atoms with Crippen LogP contribution in [0, 0.1) is 0 Å². The van der Waals surface area contributed by atoms with Crippen molar-refractivity contribution >= 4 is 39.5 Å². The Hall–Kier alpha value is -1.90. The Morgan fingerprint density at radius 2 is 1.85 bits per heavy atom. The van der Waals surface area contributed by atoms with Crippen molar-refractivity contribution in [2.24, 2.45) is 0 Å². The highest BCUT2D eigenvalue weighted by molar-refractivity contribution is 9.10. The summed E-state index contributed by atoms with van der Waals surface area (Å²) in [7, 11) is 0. The number of alkyl halides is 3. The molecule has 1 aromatic carbocycles. The molecule has 2 rings (SSSR count). The van der Waals surface area contributed by atoms with Gasteiger partial charge in [-0.3, -0.25) is 14.9 Å². The zero-order valence-corrected chi connectivity index (χ0v) is 11.2. The number of nitrogens with zero attached hydrogens (tertiary/aromatic N) is 1. The lowest BCUT2D eigenvalue weighted by Crippen LogP contribution is -2.53. The molecule has 1 N–H and O–H groups in total. The molecule has 1 saturated heterocycles. The first-order valence-electron chi connectivity index (χ1n) is 5.23. The first-order valence-corrected chi connectivity index (χ1v) is 6.03. The molecule has 9 heteroatoms. The molecule has 0 aromatic heterocycles. The van der Waals surface area contributed by atoms with Crippen LogP contribution in [0.5, 0.6) is 0 Å². The smallest absolute Gasteiger partial charge is 0.277 e. The average Bonchev–Trinajstić information content (AvgIpc) is 2.28. The molecule has 1 heterocycles. The van der Waals surface area contributed by atoms with E-state index in [1.54, 1.807) is 5.32 Å². The van der Waals surface area contributed by atoms with Crippen molar-refractivity contribution in [1.29, 1.82) is 0 Å². The van der Waals surface area contributed by atoms with E-state index in [9.17, 15) is 27.6 Å². The van der Waals surface area contributed by atoms with Crippen molar-refractivity contribution < 1.29 is 27.6 Å². The maximum atomic E-state index is 13.0. The molecule has 1 aliphatic rings. The van der Waals surface area contributed by atoms with Crippen LogP contribution in [0.2, 0.25) is 0 Å². The van der Waals surface area contributed by atoms with Crippen LogP contribution >= 0.6 is 15.9 Å². The van der Waals surface area contributed by atoms with Crippen LogP contribution in [0.4, 0.5) is 23.7 Å². The molecule has 1 aromatic rings. The van der Waals surface area contributed by atoms with E-state index < -0.39 is 41.7 Å². The van der Waals surface area contributed by atoms with E-state index in [1.165, 1.54) is 6.07 Å².